The van der Waals surface area contributed by atoms with E-state index in [0.717, 1.165) is 29.9 Å². The average Bonchev–Trinajstić information content (AvgIpc) is 2.58. The fourth-order valence-corrected chi connectivity index (χ4v) is 3.41. The van der Waals surface area contributed by atoms with Crippen LogP contribution in [0.15, 0.2) is 30.4 Å². The maximum Gasteiger partial charge on any atom is 0.333 e. The first-order valence-corrected chi connectivity index (χ1v) is 9.06. The predicted molar refractivity (Wildman–Crippen MR) is 96.8 cm³/mol. The summed E-state index contributed by atoms with van der Waals surface area (Å²) in [5, 5.41) is 9.10. The summed E-state index contributed by atoms with van der Waals surface area (Å²) in [6.07, 6.45) is 6.58. The average molecular weight is 330 g/mol. The summed E-state index contributed by atoms with van der Waals surface area (Å²) in [6.45, 7) is 8.08. The van der Waals surface area contributed by atoms with Crippen molar-refractivity contribution in [1.82, 2.24) is 0 Å². The van der Waals surface area contributed by atoms with Gasteiger partial charge in [0, 0.05) is 12.2 Å². The molecule has 1 aromatic carbocycles. The van der Waals surface area contributed by atoms with Gasteiger partial charge in [0.15, 0.2) is 0 Å². The largest absolute Gasteiger partial charge is 0.457 e. The molecule has 3 nitrogen and oxygen atoms in total. The van der Waals surface area contributed by atoms with Gasteiger partial charge in [0.25, 0.3) is 0 Å². The van der Waals surface area contributed by atoms with E-state index in [-0.39, 0.29) is 19.2 Å². The number of aliphatic hydroxyl groups excluding tert-OH is 1. The van der Waals surface area contributed by atoms with E-state index in [9.17, 15) is 4.79 Å². The third kappa shape index (κ3) is 5.20. The smallest absolute Gasteiger partial charge is 0.333 e. The fraction of sp³-hybridized carbons (Fsp3) is 0.571. The number of carbonyl (C=O) groups is 1. The van der Waals surface area contributed by atoms with Crippen LogP contribution in [0.4, 0.5) is 0 Å². The Hall–Kier alpha value is -1.61. The van der Waals surface area contributed by atoms with Gasteiger partial charge in [-0.2, -0.15) is 0 Å². The molecule has 0 heterocycles. The van der Waals surface area contributed by atoms with E-state index >= 15 is 0 Å². The third-order valence-corrected chi connectivity index (χ3v) is 5.03. The standard InChI is InChI=1S/C21H30O3/c1-15(2)21(23)24-14-20-13-19(11-10-17(20)5-4-12-22)18-8-6-16(3)7-9-18/h10-11,13,16,18,22H,1,4-9,12,14H2,2-3H3. The summed E-state index contributed by atoms with van der Waals surface area (Å²) in [7, 11) is 0. The number of aliphatic hydroxyl groups is 1. The molecular formula is C21H30O3. The van der Waals surface area contributed by atoms with Gasteiger partial charge in [0.1, 0.15) is 6.61 Å². The first kappa shape index (κ1) is 18.7. The molecule has 1 aliphatic rings. The van der Waals surface area contributed by atoms with Crippen molar-refractivity contribution in [3.63, 3.8) is 0 Å². The molecule has 132 valence electrons. The SMILES string of the molecule is C=C(C)C(=O)OCc1cc(C2CCC(C)CC2)ccc1CCCO. The monoisotopic (exact) mass is 330 g/mol. The van der Waals surface area contributed by atoms with E-state index in [2.05, 4.69) is 31.7 Å². The lowest BCUT2D eigenvalue weighted by molar-refractivity contribution is -0.140. The number of rotatable bonds is 7. The summed E-state index contributed by atoms with van der Waals surface area (Å²) in [6, 6.07) is 6.57. The van der Waals surface area contributed by atoms with Gasteiger partial charge in [-0.25, -0.2) is 4.79 Å². The van der Waals surface area contributed by atoms with Gasteiger partial charge in [-0.15, -0.1) is 0 Å². The second-order valence-electron chi connectivity index (χ2n) is 7.17. The Kier molecular flexibility index (Phi) is 7.04. The highest BCUT2D eigenvalue weighted by Crippen LogP contribution is 2.36. The van der Waals surface area contributed by atoms with Crippen molar-refractivity contribution in [2.24, 2.45) is 5.92 Å². The van der Waals surface area contributed by atoms with Crippen LogP contribution in [0.2, 0.25) is 0 Å². The van der Waals surface area contributed by atoms with E-state index in [1.807, 2.05) is 0 Å². The van der Waals surface area contributed by atoms with Crippen molar-refractivity contribution in [3.05, 3.63) is 47.0 Å². The Labute approximate surface area is 145 Å². The minimum absolute atomic E-state index is 0.174. The molecule has 2 rings (SSSR count). The van der Waals surface area contributed by atoms with Crippen molar-refractivity contribution >= 4 is 5.97 Å². The number of hydrogen-bond acceptors (Lipinski definition) is 3. The second-order valence-corrected chi connectivity index (χ2v) is 7.17. The highest BCUT2D eigenvalue weighted by atomic mass is 16.5. The van der Waals surface area contributed by atoms with Gasteiger partial charge in [-0.05, 0) is 61.1 Å². The molecule has 0 unspecified atom stereocenters. The van der Waals surface area contributed by atoms with Crippen LogP contribution in [0.5, 0.6) is 0 Å². The summed E-state index contributed by atoms with van der Waals surface area (Å²) >= 11 is 0. The molecule has 1 fully saturated rings. The third-order valence-electron chi connectivity index (χ3n) is 5.03. The van der Waals surface area contributed by atoms with Crippen LogP contribution in [-0.2, 0) is 22.6 Å². The lowest BCUT2D eigenvalue weighted by Crippen LogP contribution is -2.12. The highest BCUT2D eigenvalue weighted by Gasteiger charge is 2.20. The summed E-state index contributed by atoms with van der Waals surface area (Å²) in [5.41, 5.74) is 4.00. The number of ether oxygens (including phenoxy) is 1. The van der Waals surface area contributed by atoms with Gasteiger partial charge >= 0.3 is 5.97 Å². The number of carbonyl (C=O) groups excluding carboxylic acids is 1. The van der Waals surface area contributed by atoms with E-state index < -0.39 is 0 Å². The quantitative estimate of drug-likeness (QED) is 0.590. The van der Waals surface area contributed by atoms with E-state index in [4.69, 9.17) is 9.84 Å². The van der Waals surface area contributed by atoms with Crippen LogP contribution in [0.1, 0.15) is 68.6 Å². The van der Waals surface area contributed by atoms with Gasteiger partial charge < -0.3 is 9.84 Å². The van der Waals surface area contributed by atoms with Gasteiger partial charge in [0.05, 0.1) is 0 Å². The highest BCUT2D eigenvalue weighted by molar-refractivity contribution is 5.86. The Balaban J connectivity index is 2.14. The number of hydrogen-bond donors (Lipinski definition) is 1. The molecule has 0 aromatic heterocycles. The Morgan fingerprint density at radius 3 is 2.58 bits per heavy atom. The lowest BCUT2D eigenvalue weighted by atomic mass is 9.79. The molecule has 0 bridgehead atoms. The molecule has 1 aromatic rings. The Morgan fingerprint density at radius 1 is 1.25 bits per heavy atom. The predicted octanol–water partition coefficient (Wildman–Crippen LogP) is 4.52. The topological polar surface area (TPSA) is 46.5 Å². The van der Waals surface area contributed by atoms with Crippen LogP contribution in [-0.4, -0.2) is 17.7 Å². The molecule has 0 radical (unpaired) electrons. The van der Waals surface area contributed by atoms with Crippen LogP contribution < -0.4 is 0 Å². The van der Waals surface area contributed by atoms with Gasteiger partial charge in [0.2, 0.25) is 0 Å². The molecule has 24 heavy (non-hydrogen) atoms. The van der Waals surface area contributed by atoms with Crippen LogP contribution in [0.3, 0.4) is 0 Å². The Bertz CT molecular complexity index is 568. The van der Waals surface area contributed by atoms with Gasteiger partial charge in [-0.1, -0.05) is 44.5 Å². The number of aryl methyl sites for hydroxylation is 1. The molecule has 0 aliphatic heterocycles. The molecule has 3 heteroatoms. The molecule has 1 N–H and O–H groups in total. The zero-order chi connectivity index (χ0) is 17.5. The number of esters is 1. The number of benzene rings is 1. The molecule has 0 saturated heterocycles. The maximum atomic E-state index is 11.7. The molecule has 0 amide bonds. The van der Waals surface area contributed by atoms with Crippen molar-refractivity contribution in [2.45, 2.75) is 64.9 Å². The zero-order valence-electron chi connectivity index (χ0n) is 15.0. The van der Waals surface area contributed by atoms with E-state index in [0.29, 0.717) is 11.5 Å². The summed E-state index contributed by atoms with van der Waals surface area (Å²) in [4.78, 5) is 11.7. The van der Waals surface area contributed by atoms with E-state index in [1.54, 1.807) is 6.92 Å². The first-order valence-electron chi connectivity index (χ1n) is 9.06. The minimum Gasteiger partial charge on any atom is -0.457 e. The van der Waals surface area contributed by atoms with E-state index in [1.165, 1.54) is 31.2 Å². The molecule has 0 atom stereocenters. The second kappa shape index (κ2) is 9.03. The molecule has 0 spiro atoms. The van der Waals surface area contributed by atoms with Crippen molar-refractivity contribution < 1.29 is 14.6 Å². The Morgan fingerprint density at radius 2 is 1.96 bits per heavy atom. The van der Waals surface area contributed by atoms with Crippen LogP contribution in [0, 0.1) is 5.92 Å². The van der Waals surface area contributed by atoms with Gasteiger partial charge in [-0.3, -0.25) is 0 Å². The zero-order valence-corrected chi connectivity index (χ0v) is 15.0. The van der Waals surface area contributed by atoms with Crippen LogP contribution >= 0.6 is 0 Å². The van der Waals surface area contributed by atoms with Crippen molar-refractivity contribution in [2.75, 3.05) is 6.61 Å². The summed E-state index contributed by atoms with van der Waals surface area (Å²) < 4.78 is 5.37. The van der Waals surface area contributed by atoms with Crippen molar-refractivity contribution in [3.8, 4) is 0 Å². The fourth-order valence-electron chi connectivity index (χ4n) is 3.41. The molecule has 1 saturated carbocycles. The molecule has 1 aliphatic carbocycles. The minimum atomic E-state index is -0.347. The molecular weight excluding hydrogens is 300 g/mol. The first-order chi connectivity index (χ1) is 11.5. The normalized spacial score (nSPS) is 20.6. The lowest BCUT2D eigenvalue weighted by Gasteiger charge is -2.27. The van der Waals surface area contributed by atoms with Crippen LogP contribution in [0.25, 0.3) is 0 Å². The summed E-state index contributed by atoms with van der Waals surface area (Å²) in [5.74, 6) is 1.10. The van der Waals surface area contributed by atoms with Crippen molar-refractivity contribution in [1.29, 1.82) is 0 Å². The maximum absolute atomic E-state index is 11.7.